The second-order valence-corrected chi connectivity index (χ2v) is 6.67. The predicted octanol–water partition coefficient (Wildman–Crippen LogP) is 4.95. The Hall–Kier alpha value is -2.68. The third-order valence-corrected chi connectivity index (χ3v) is 4.89. The minimum absolute atomic E-state index is 0.0515. The van der Waals surface area contributed by atoms with Crippen LogP contribution >= 0.6 is 0 Å². The normalized spacial score (nSPS) is 12.1. The highest BCUT2D eigenvalue weighted by Gasteiger charge is 2.20. The van der Waals surface area contributed by atoms with E-state index in [2.05, 4.69) is 24.3 Å². The van der Waals surface area contributed by atoms with Crippen LogP contribution < -0.4 is 0 Å². The van der Waals surface area contributed by atoms with Crippen LogP contribution in [0.4, 0.5) is 0 Å². The van der Waals surface area contributed by atoms with Gasteiger partial charge >= 0.3 is 0 Å². The third kappa shape index (κ3) is 3.77. The van der Waals surface area contributed by atoms with Crippen molar-refractivity contribution in [3.05, 3.63) is 66.2 Å². The third-order valence-electron chi connectivity index (χ3n) is 4.89. The van der Waals surface area contributed by atoms with Crippen LogP contribution in [-0.4, -0.2) is 28.9 Å². The molecule has 1 aromatic heterocycles. The fourth-order valence-electron chi connectivity index (χ4n) is 3.44. The lowest BCUT2D eigenvalue weighted by molar-refractivity contribution is -0.134. The molecule has 0 aliphatic heterocycles. The van der Waals surface area contributed by atoms with Crippen LogP contribution in [0.1, 0.15) is 26.3 Å². The van der Waals surface area contributed by atoms with Gasteiger partial charge in [0.15, 0.2) is 0 Å². The summed E-state index contributed by atoms with van der Waals surface area (Å²) in [5.74, 6) is 0.168. The van der Waals surface area contributed by atoms with E-state index in [1.165, 1.54) is 5.56 Å². The summed E-state index contributed by atoms with van der Waals surface area (Å²) in [5, 5.41) is 1.13. The van der Waals surface area contributed by atoms with E-state index in [9.17, 15) is 4.79 Å². The highest BCUT2D eigenvalue weighted by atomic mass is 16.2. The topological polar surface area (TPSA) is 33.2 Å². The first kappa shape index (κ1) is 18.1. The quantitative estimate of drug-likeness (QED) is 0.633. The summed E-state index contributed by atoms with van der Waals surface area (Å²) in [7, 11) is 0. The smallest absolute Gasteiger partial charge is 0.225 e. The standard InChI is InChI=1S/C23H26N2O/c1-4-25(5-2)23(26)17(3)15-19-16-22(18-11-7-6-8-12-18)24-21-14-10-9-13-20(19)21/h6-14,16-17H,4-5,15H2,1-3H3. The van der Waals surface area contributed by atoms with Crippen LogP contribution in [0.3, 0.4) is 0 Å². The molecule has 0 fully saturated rings. The zero-order valence-electron chi connectivity index (χ0n) is 15.8. The second-order valence-electron chi connectivity index (χ2n) is 6.67. The Labute approximate surface area is 155 Å². The van der Waals surface area contributed by atoms with Crippen molar-refractivity contribution >= 4 is 16.8 Å². The molecule has 2 aromatic carbocycles. The van der Waals surface area contributed by atoms with Gasteiger partial charge in [0.1, 0.15) is 0 Å². The molecular weight excluding hydrogens is 320 g/mol. The molecule has 134 valence electrons. The fraction of sp³-hybridized carbons (Fsp3) is 0.304. The summed E-state index contributed by atoms with van der Waals surface area (Å²) in [6.45, 7) is 7.60. The molecule has 1 amide bonds. The van der Waals surface area contributed by atoms with Crippen molar-refractivity contribution in [2.75, 3.05) is 13.1 Å². The lowest BCUT2D eigenvalue weighted by Gasteiger charge is -2.23. The molecule has 0 bridgehead atoms. The molecule has 3 rings (SSSR count). The largest absolute Gasteiger partial charge is 0.343 e. The zero-order chi connectivity index (χ0) is 18.5. The van der Waals surface area contributed by atoms with Crippen LogP contribution in [0.5, 0.6) is 0 Å². The fourth-order valence-corrected chi connectivity index (χ4v) is 3.44. The first-order valence-electron chi connectivity index (χ1n) is 9.36. The van der Waals surface area contributed by atoms with Crippen molar-refractivity contribution in [3.8, 4) is 11.3 Å². The average molecular weight is 346 g/mol. The molecular formula is C23H26N2O. The van der Waals surface area contributed by atoms with Gasteiger partial charge in [0.25, 0.3) is 0 Å². The summed E-state index contributed by atoms with van der Waals surface area (Å²) >= 11 is 0. The van der Waals surface area contributed by atoms with Gasteiger partial charge in [-0.1, -0.05) is 55.5 Å². The van der Waals surface area contributed by atoms with E-state index in [4.69, 9.17) is 4.98 Å². The Morgan fingerprint density at radius 1 is 1.00 bits per heavy atom. The van der Waals surface area contributed by atoms with Crippen LogP contribution in [0.15, 0.2) is 60.7 Å². The number of pyridine rings is 1. The Morgan fingerprint density at radius 2 is 1.65 bits per heavy atom. The number of hydrogen-bond acceptors (Lipinski definition) is 2. The van der Waals surface area contributed by atoms with E-state index in [0.717, 1.165) is 41.7 Å². The van der Waals surface area contributed by atoms with E-state index < -0.39 is 0 Å². The molecule has 3 aromatic rings. The van der Waals surface area contributed by atoms with Crippen molar-refractivity contribution in [1.82, 2.24) is 9.88 Å². The first-order valence-corrected chi connectivity index (χ1v) is 9.36. The van der Waals surface area contributed by atoms with Gasteiger partial charge < -0.3 is 4.90 Å². The molecule has 3 nitrogen and oxygen atoms in total. The lowest BCUT2D eigenvalue weighted by Crippen LogP contribution is -2.35. The zero-order valence-corrected chi connectivity index (χ0v) is 15.8. The molecule has 26 heavy (non-hydrogen) atoms. The Bertz CT molecular complexity index is 885. The minimum atomic E-state index is -0.0515. The maximum atomic E-state index is 12.7. The number of amides is 1. The van der Waals surface area contributed by atoms with Crippen molar-refractivity contribution < 1.29 is 4.79 Å². The summed E-state index contributed by atoms with van der Waals surface area (Å²) in [5.41, 5.74) is 4.22. The average Bonchev–Trinajstić information content (AvgIpc) is 2.69. The van der Waals surface area contributed by atoms with E-state index >= 15 is 0 Å². The van der Waals surface area contributed by atoms with E-state index in [-0.39, 0.29) is 11.8 Å². The molecule has 1 unspecified atom stereocenters. The number of para-hydroxylation sites is 1. The molecule has 0 aliphatic carbocycles. The summed E-state index contributed by atoms with van der Waals surface area (Å²) in [6.07, 6.45) is 0.720. The van der Waals surface area contributed by atoms with Gasteiger partial charge in [0.05, 0.1) is 11.2 Å². The SMILES string of the molecule is CCN(CC)C(=O)C(C)Cc1cc(-c2ccccc2)nc2ccccc12. The highest BCUT2D eigenvalue weighted by Crippen LogP contribution is 2.27. The number of benzene rings is 2. The van der Waals surface area contributed by atoms with E-state index in [0.29, 0.717) is 0 Å². The van der Waals surface area contributed by atoms with Crippen molar-refractivity contribution in [2.45, 2.75) is 27.2 Å². The molecule has 0 N–H and O–H groups in total. The van der Waals surface area contributed by atoms with Crippen molar-refractivity contribution in [3.63, 3.8) is 0 Å². The van der Waals surface area contributed by atoms with Crippen LogP contribution in [0.2, 0.25) is 0 Å². The Morgan fingerprint density at radius 3 is 2.35 bits per heavy atom. The molecule has 0 spiro atoms. The maximum Gasteiger partial charge on any atom is 0.225 e. The number of nitrogens with zero attached hydrogens (tertiary/aromatic N) is 2. The van der Waals surface area contributed by atoms with Crippen LogP contribution in [-0.2, 0) is 11.2 Å². The maximum absolute atomic E-state index is 12.7. The molecule has 0 aliphatic rings. The Kier molecular flexibility index (Phi) is 5.67. The van der Waals surface area contributed by atoms with Crippen molar-refractivity contribution in [1.29, 1.82) is 0 Å². The minimum Gasteiger partial charge on any atom is -0.343 e. The number of rotatable bonds is 6. The predicted molar refractivity (Wildman–Crippen MR) is 108 cm³/mol. The highest BCUT2D eigenvalue weighted by molar-refractivity contribution is 5.86. The van der Waals surface area contributed by atoms with Crippen LogP contribution in [0.25, 0.3) is 22.2 Å². The monoisotopic (exact) mass is 346 g/mol. The van der Waals surface area contributed by atoms with Gasteiger partial charge in [-0.2, -0.15) is 0 Å². The number of carbonyl (C=O) groups excluding carboxylic acids is 1. The summed E-state index contributed by atoms with van der Waals surface area (Å²) < 4.78 is 0. The van der Waals surface area contributed by atoms with Gasteiger partial charge in [-0.05, 0) is 38.0 Å². The van der Waals surface area contributed by atoms with Gasteiger partial charge in [-0.25, -0.2) is 4.98 Å². The van der Waals surface area contributed by atoms with Gasteiger partial charge in [0, 0.05) is 30.0 Å². The number of aromatic nitrogens is 1. The van der Waals surface area contributed by atoms with Gasteiger partial charge in [-0.3, -0.25) is 4.79 Å². The second kappa shape index (κ2) is 8.13. The molecule has 1 heterocycles. The molecule has 3 heteroatoms. The number of fused-ring (bicyclic) bond motifs is 1. The van der Waals surface area contributed by atoms with Gasteiger partial charge in [0.2, 0.25) is 5.91 Å². The number of hydrogen-bond donors (Lipinski definition) is 0. The summed E-state index contributed by atoms with van der Waals surface area (Å²) in [4.78, 5) is 19.5. The van der Waals surface area contributed by atoms with Crippen LogP contribution in [0, 0.1) is 5.92 Å². The first-order chi connectivity index (χ1) is 12.6. The van der Waals surface area contributed by atoms with E-state index in [1.807, 2.05) is 62.1 Å². The number of carbonyl (C=O) groups is 1. The van der Waals surface area contributed by atoms with E-state index in [1.54, 1.807) is 0 Å². The molecule has 0 saturated carbocycles. The lowest BCUT2D eigenvalue weighted by atomic mass is 9.95. The molecule has 0 radical (unpaired) electrons. The van der Waals surface area contributed by atoms with Crippen molar-refractivity contribution in [2.24, 2.45) is 5.92 Å². The molecule has 0 saturated heterocycles. The van der Waals surface area contributed by atoms with Gasteiger partial charge in [-0.15, -0.1) is 0 Å². The molecule has 1 atom stereocenters. The Balaban J connectivity index is 2.00. The summed E-state index contributed by atoms with van der Waals surface area (Å²) in [6, 6.07) is 20.5.